The number of nitrogens with zero attached hydrogens (tertiary/aromatic N) is 1. The molecule has 0 bridgehead atoms. The number of halogens is 1. The van der Waals surface area contributed by atoms with Crippen molar-refractivity contribution in [2.45, 2.75) is 32.9 Å². The molecule has 0 spiro atoms. The van der Waals surface area contributed by atoms with E-state index in [0.29, 0.717) is 28.7 Å². The first kappa shape index (κ1) is 21.9. The molecule has 2 aromatic carbocycles. The van der Waals surface area contributed by atoms with Crippen molar-refractivity contribution in [3.05, 3.63) is 53.1 Å². The molecule has 1 aliphatic heterocycles. The number of carbonyl (C=O) groups is 2. The Morgan fingerprint density at radius 1 is 1.23 bits per heavy atom. The number of ether oxygens (including phenoxy) is 1. The first-order valence-electron chi connectivity index (χ1n) is 10.1. The summed E-state index contributed by atoms with van der Waals surface area (Å²) >= 11 is 6.41. The van der Waals surface area contributed by atoms with Crippen LogP contribution < -0.4 is 20.7 Å². The Kier molecular flexibility index (Phi) is 7.18. The van der Waals surface area contributed by atoms with Gasteiger partial charge in [-0.25, -0.2) is 4.79 Å². The van der Waals surface area contributed by atoms with Gasteiger partial charge in [-0.15, -0.1) is 0 Å². The van der Waals surface area contributed by atoms with Crippen LogP contribution in [0.25, 0.3) is 0 Å². The number of likely N-dealkylation sites (N-methyl/N-ethyl adjacent to an activating group) is 1. The van der Waals surface area contributed by atoms with E-state index in [4.69, 9.17) is 16.3 Å². The van der Waals surface area contributed by atoms with Crippen LogP contribution in [0.2, 0.25) is 5.02 Å². The number of urea groups is 1. The maximum atomic E-state index is 12.5. The zero-order valence-corrected chi connectivity index (χ0v) is 18.1. The Balaban J connectivity index is 1.67. The van der Waals surface area contributed by atoms with Crippen LogP contribution in [0.5, 0.6) is 5.75 Å². The van der Waals surface area contributed by atoms with Crippen molar-refractivity contribution in [2.24, 2.45) is 0 Å². The van der Waals surface area contributed by atoms with Crippen LogP contribution >= 0.6 is 11.6 Å². The van der Waals surface area contributed by atoms with Crippen molar-refractivity contribution >= 4 is 34.9 Å². The molecule has 7 nitrogen and oxygen atoms in total. The average molecular weight is 431 g/mol. The lowest BCUT2D eigenvalue weighted by molar-refractivity contribution is -0.122. The number of fused-ring (bicyclic) bond motifs is 1. The van der Waals surface area contributed by atoms with Crippen molar-refractivity contribution in [1.29, 1.82) is 0 Å². The second-order valence-corrected chi connectivity index (χ2v) is 7.46. The smallest absolute Gasteiger partial charge is 0.319 e. The molecule has 160 valence electrons. The van der Waals surface area contributed by atoms with Crippen molar-refractivity contribution in [3.63, 3.8) is 0 Å². The summed E-state index contributed by atoms with van der Waals surface area (Å²) in [7, 11) is 0. The molecule has 2 aromatic rings. The minimum Gasteiger partial charge on any atom is -0.479 e. The molecule has 3 rings (SSSR count). The summed E-state index contributed by atoms with van der Waals surface area (Å²) in [6.45, 7) is 7.91. The fraction of sp³-hybridized carbons (Fsp3) is 0.364. The van der Waals surface area contributed by atoms with Gasteiger partial charge in [-0.2, -0.15) is 0 Å². The van der Waals surface area contributed by atoms with Crippen molar-refractivity contribution < 1.29 is 14.3 Å². The van der Waals surface area contributed by atoms with Crippen LogP contribution in [0.3, 0.4) is 0 Å². The summed E-state index contributed by atoms with van der Waals surface area (Å²) in [5, 5.41) is 9.19. The summed E-state index contributed by atoms with van der Waals surface area (Å²) in [6, 6.07) is 12.4. The Hall–Kier alpha value is -2.77. The number of amides is 3. The highest BCUT2D eigenvalue weighted by molar-refractivity contribution is 6.31. The Morgan fingerprint density at radius 2 is 1.97 bits per heavy atom. The van der Waals surface area contributed by atoms with Crippen LogP contribution in [-0.4, -0.2) is 42.6 Å². The zero-order chi connectivity index (χ0) is 21.7. The third-order valence-corrected chi connectivity index (χ3v) is 5.49. The minimum atomic E-state index is -0.540. The van der Waals surface area contributed by atoms with Gasteiger partial charge in [0, 0.05) is 17.3 Å². The van der Waals surface area contributed by atoms with Gasteiger partial charge in [-0.05, 0) is 49.8 Å². The summed E-state index contributed by atoms with van der Waals surface area (Å²) in [4.78, 5) is 26.6. The molecule has 0 aliphatic carbocycles. The lowest BCUT2D eigenvalue weighted by atomic mass is 10.0. The molecule has 0 aromatic heterocycles. The monoisotopic (exact) mass is 430 g/mol. The van der Waals surface area contributed by atoms with E-state index in [1.54, 1.807) is 25.1 Å². The van der Waals surface area contributed by atoms with Gasteiger partial charge in [0.2, 0.25) is 0 Å². The molecular weight excluding hydrogens is 404 g/mol. The fourth-order valence-electron chi connectivity index (χ4n) is 3.50. The van der Waals surface area contributed by atoms with Gasteiger partial charge in [0.15, 0.2) is 6.10 Å². The van der Waals surface area contributed by atoms with E-state index in [0.717, 1.165) is 18.7 Å². The molecule has 1 aliphatic rings. The van der Waals surface area contributed by atoms with E-state index < -0.39 is 6.10 Å². The maximum Gasteiger partial charge on any atom is 0.319 e. The van der Waals surface area contributed by atoms with Gasteiger partial charge in [0.1, 0.15) is 5.75 Å². The molecule has 2 unspecified atom stereocenters. The van der Waals surface area contributed by atoms with E-state index >= 15 is 0 Å². The Labute approximate surface area is 181 Å². The number of nitrogens with one attached hydrogen (secondary N) is 3. The largest absolute Gasteiger partial charge is 0.479 e. The Bertz CT molecular complexity index is 917. The second kappa shape index (κ2) is 9.82. The van der Waals surface area contributed by atoms with Crippen LogP contribution in [0.1, 0.15) is 32.4 Å². The second-order valence-electron chi connectivity index (χ2n) is 7.05. The quantitative estimate of drug-likeness (QED) is 0.612. The summed E-state index contributed by atoms with van der Waals surface area (Å²) in [5.41, 5.74) is 2.07. The average Bonchev–Trinajstić information content (AvgIpc) is 2.73. The minimum absolute atomic E-state index is 0.0443. The zero-order valence-electron chi connectivity index (χ0n) is 17.4. The normalized spacial score (nSPS) is 16.3. The molecule has 3 amide bonds. The molecule has 8 heteroatoms. The summed E-state index contributed by atoms with van der Waals surface area (Å²) < 4.78 is 5.54. The summed E-state index contributed by atoms with van der Waals surface area (Å²) in [6.07, 6.45) is -0.540. The van der Waals surface area contributed by atoms with Gasteiger partial charge < -0.3 is 20.7 Å². The standard InChI is InChI=1S/C22H27ClN4O3/c1-4-27(5-2)19(16-8-6-7-9-17(16)23)13-24-22(29)25-15-10-11-20-18(12-15)26-21(28)14(3)30-20/h6-12,14,19H,4-5,13H2,1-3H3,(H,26,28)(H2,24,25,29). The molecule has 0 radical (unpaired) electrons. The van der Waals surface area contributed by atoms with Gasteiger partial charge >= 0.3 is 6.03 Å². The molecule has 2 atom stereocenters. The lowest BCUT2D eigenvalue weighted by Gasteiger charge is -2.31. The van der Waals surface area contributed by atoms with Gasteiger partial charge in [-0.1, -0.05) is 43.6 Å². The lowest BCUT2D eigenvalue weighted by Crippen LogP contribution is -2.39. The molecule has 30 heavy (non-hydrogen) atoms. The predicted molar refractivity (Wildman–Crippen MR) is 119 cm³/mol. The van der Waals surface area contributed by atoms with Gasteiger partial charge in [-0.3, -0.25) is 9.69 Å². The highest BCUT2D eigenvalue weighted by atomic mass is 35.5. The van der Waals surface area contributed by atoms with E-state index in [-0.39, 0.29) is 18.0 Å². The predicted octanol–water partition coefficient (Wildman–Crippen LogP) is 4.26. The fourth-order valence-corrected chi connectivity index (χ4v) is 3.76. The van der Waals surface area contributed by atoms with Crippen LogP contribution in [-0.2, 0) is 4.79 Å². The maximum absolute atomic E-state index is 12.5. The number of rotatable bonds is 7. The highest BCUT2D eigenvalue weighted by Gasteiger charge is 2.24. The third kappa shape index (κ3) is 5.04. The number of carbonyl (C=O) groups excluding carboxylic acids is 2. The first-order chi connectivity index (χ1) is 14.4. The van der Waals surface area contributed by atoms with Crippen molar-refractivity contribution in [3.8, 4) is 5.75 Å². The summed E-state index contributed by atoms with van der Waals surface area (Å²) in [5.74, 6) is 0.360. The highest BCUT2D eigenvalue weighted by Crippen LogP contribution is 2.32. The van der Waals surface area contributed by atoms with E-state index in [2.05, 4.69) is 34.7 Å². The van der Waals surface area contributed by atoms with E-state index in [9.17, 15) is 9.59 Å². The molecular formula is C22H27ClN4O3. The third-order valence-electron chi connectivity index (χ3n) is 5.14. The van der Waals surface area contributed by atoms with E-state index in [1.807, 2.05) is 24.3 Å². The molecule has 0 saturated heterocycles. The van der Waals surface area contributed by atoms with Crippen LogP contribution in [0.15, 0.2) is 42.5 Å². The van der Waals surface area contributed by atoms with Crippen LogP contribution in [0.4, 0.5) is 16.2 Å². The number of anilines is 2. The van der Waals surface area contributed by atoms with E-state index in [1.165, 1.54) is 0 Å². The molecule has 0 saturated carbocycles. The number of benzene rings is 2. The van der Waals surface area contributed by atoms with Gasteiger partial charge in [0.25, 0.3) is 5.91 Å². The number of hydrogen-bond donors (Lipinski definition) is 3. The topological polar surface area (TPSA) is 82.7 Å². The van der Waals surface area contributed by atoms with Gasteiger partial charge in [0.05, 0.1) is 11.7 Å². The van der Waals surface area contributed by atoms with Crippen LogP contribution in [0, 0.1) is 0 Å². The van der Waals surface area contributed by atoms with Crippen molar-refractivity contribution in [2.75, 3.05) is 30.3 Å². The molecule has 0 fully saturated rings. The molecule has 1 heterocycles. The van der Waals surface area contributed by atoms with Crippen molar-refractivity contribution in [1.82, 2.24) is 10.2 Å². The Morgan fingerprint density at radius 3 is 2.67 bits per heavy atom. The molecule has 3 N–H and O–H groups in total. The SMILES string of the molecule is CCN(CC)C(CNC(=O)Nc1ccc2c(c1)NC(=O)C(C)O2)c1ccccc1Cl. The first-order valence-corrected chi connectivity index (χ1v) is 10.5. The number of hydrogen-bond acceptors (Lipinski definition) is 4.